The SMILES string of the molecule is CC1CCC(C)N(C(=O)c2cc(Cl)ccc2O)C1. The first-order chi connectivity index (χ1) is 8.49. The van der Waals surface area contributed by atoms with Crippen LogP contribution in [0.25, 0.3) is 0 Å². The molecule has 3 nitrogen and oxygen atoms in total. The summed E-state index contributed by atoms with van der Waals surface area (Å²) in [7, 11) is 0. The number of phenolic OH excluding ortho intramolecular Hbond substituents is 1. The Morgan fingerprint density at radius 2 is 2.11 bits per heavy atom. The van der Waals surface area contributed by atoms with Gasteiger partial charge in [-0.15, -0.1) is 0 Å². The van der Waals surface area contributed by atoms with E-state index in [1.807, 2.05) is 11.8 Å². The summed E-state index contributed by atoms with van der Waals surface area (Å²) in [6.07, 6.45) is 2.15. The van der Waals surface area contributed by atoms with Gasteiger partial charge in [0.2, 0.25) is 0 Å². The molecule has 98 valence electrons. The van der Waals surface area contributed by atoms with Crippen LogP contribution in [0.5, 0.6) is 5.75 Å². The highest BCUT2D eigenvalue weighted by Gasteiger charge is 2.28. The molecule has 1 amide bonds. The maximum absolute atomic E-state index is 12.4. The number of benzene rings is 1. The molecular formula is C14H18ClNO2. The molecule has 1 aromatic rings. The van der Waals surface area contributed by atoms with Gasteiger partial charge in [0.15, 0.2) is 0 Å². The lowest BCUT2D eigenvalue weighted by molar-refractivity contribution is 0.0571. The third kappa shape index (κ3) is 2.61. The van der Waals surface area contributed by atoms with E-state index in [0.29, 0.717) is 16.5 Å². The number of hydrogen-bond donors (Lipinski definition) is 1. The highest BCUT2D eigenvalue weighted by molar-refractivity contribution is 6.31. The second kappa shape index (κ2) is 5.19. The van der Waals surface area contributed by atoms with Crippen LogP contribution in [0.4, 0.5) is 0 Å². The number of rotatable bonds is 1. The van der Waals surface area contributed by atoms with E-state index in [1.165, 1.54) is 12.1 Å². The zero-order valence-electron chi connectivity index (χ0n) is 10.7. The fourth-order valence-electron chi connectivity index (χ4n) is 2.41. The molecule has 1 aliphatic rings. The van der Waals surface area contributed by atoms with Gasteiger partial charge in [-0.1, -0.05) is 18.5 Å². The minimum Gasteiger partial charge on any atom is -0.507 e. The molecule has 0 saturated carbocycles. The number of hydrogen-bond acceptors (Lipinski definition) is 2. The largest absolute Gasteiger partial charge is 0.507 e. The van der Waals surface area contributed by atoms with Crippen molar-refractivity contribution in [1.29, 1.82) is 0 Å². The molecule has 1 heterocycles. The first-order valence-electron chi connectivity index (χ1n) is 6.28. The van der Waals surface area contributed by atoms with E-state index in [4.69, 9.17) is 11.6 Å². The standard InChI is InChI=1S/C14H18ClNO2/c1-9-3-4-10(2)16(8-9)14(18)12-7-11(15)5-6-13(12)17/h5-7,9-10,17H,3-4,8H2,1-2H3. The smallest absolute Gasteiger partial charge is 0.257 e. The molecule has 1 fully saturated rings. The van der Waals surface area contributed by atoms with Crippen LogP contribution in [0.2, 0.25) is 5.02 Å². The van der Waals surface area contributed by atoms with E-state index in [2.05, 4.69) is 6.92 Å². The van der Waals surface area contributed by atoms with Crippen molar-refractivity contribution in [1.82, 2.24) is 4.90 Å². The molecule has 2 atom stereocenters. The van der Waals surface area contributed by atoms with Gasteiger partial charge in [0.25, 0.3) is 5.91 Å². The van der Waals surface area contributed by atoms with Crippen molar-refractivity contribution >= 4 is 17.5 Å². The van der Waals surface area contributed by atoms with E-state index in [-0.39, 0.29) is 17.7 Å². The minimum atomic E-state index is -0.131. The van der Waals surface area contributed by atoms with Gasteiger partial charge in [0, 0.05) is 17.6 Å². The molecule has 1 aromatic carbocycles. The zero-order valence-corrected chi connectivity index (χ0v) is 11.4. The van der Waals surface area contributed by atoms with Crippen molar-refractivity contribution in [2.24, 2.45) is 5.92 Å². The highest BCUT2D eigenvalue weighted by Crippen LogP contribution is 2.27. The third-order valence-electron chi connectivity index (χ3n) is 3.57. The second-order valence-corrected chi connectivity index (χ2v) is 5.59. The van der Waals surface area contributed by atoms with Crippen molar-refractivity contribution in [3.05, 3.63) is 28.8 Å². The molecule has 1 N–H and O–H groups in total. The lowest BCUT2D eigenvalue weighted by Crippen LogP contribution is -2.44. The lowest BCUT2D eigenvalue weighted by Gasteiger charge is -2.37. The van der Waals surface area contributed by atoms with Crippen molar-refractivity contribution in [3.8, 4) is 5.75 Å². The molecular weight excluding hydrogens is 250 g/mol. The Hall–Kier alpha value is -1.22. The third-order valence-corrected chi connectivity index (χ3v) is 3.80. The maximum Gasteiger partial charge on any atom is 0.257 e. The molecule has 0 bridgehead atoms. The van der Waals surface area contributed by atoms with E-state index < -0.39 is 0 Å². The van der Waals surface area contributed by atoms with Crippen LogP contribution in [0.15, 0.2) is 18.2 Å². The van der Waals surface area contributed by atoms with Gasteiger partial charge >= 0.3 is 0 Å². The van der Waals surface area contributed by atoms with Crippen LogP contribution in [-0.4, -0.2) is 28.5 Å². The lowest BCUT2D eigenvalue weighted by atomic mass is 9.94. The van der Waals surface area contributed by atoms with Crippen LogP contribution < -0.4 is 0 Å². The molecule has 2 rings (SSSR count). The predicted octanol–water partition coefficient (Wildman–Crippen LogP) is 3.31. The highest BCUT2D eigenvalue weighted by atomic mass is 35.5. The fourth-order valence-corrected chi connectivity index (χ4v) is 2.58. The molecule has 1 aliphatic heterocycles. The monoisotopic (exact) mass is 267 g/mol. The van der Waals surface area contributed by atoms with Gasteiger partial charge < -0.3 is 10.0 Å². The average molecular weight is 268 g/mol. The van der Waals surface area contributed by atoms with Crippen molar-refractivity contribution in [3.63, 3.8) is 0 Å². The Morgan fingerprint density at radius 3 is 2.83 bits per heavy atom. The first-order valence-corrected chi connectivity index (χ1v) is 6.66. The second-order valence-electron chi connectivity index (χ2n) is 5.15. The summed E-state index contributed by atoms with van der Waals surface area (Å²) in [6, 6.07) is 4.79. The summed E-state index contributed by atoms with van der Waals surface area (Å²) in [6.45, 7) is 4.93. The number of carbonyl (C=O) groups is 1. The van der Waals surface area contributed by atoms with Gasteiger partial charge in [-0.05, 0) is 43.9 Å². The molecule has 0 aliphatic carbocycles. The van der Waals surface area contributed by atoms with Crippen LogP contribution in [-0.2, 0) is 0 Å². The van der Waals surface area contributed by atoms with Crippen molar-refractivity contribution in [2.75, 3.05) is 6.54 Å². The Labute approximate surface area is 112 Å². The van der Waals surface area contributed by atoms with Crippen molar-refractivity contribution < 1.29 is 9.90 Å². The summed E-state index contributed by atoms with van der Waals surface area (Å²) in [4.78, 5) is 14.3. The summed E-state index contributed by atoms with van der Waals surface area (Å²) < 4.78 is 0. The van der Waals surface area contributed by atoms with E-state index >= 15 is 0 Å². The summed E-state index contributed by atoms with van der Waals surface area (Å²) in [5, 5.41) is 10.2. The van der Waals surface area contributed by atoms with E-state index in [9.17, 15) is 9.90 Å². The first kappa shape index (κ1) is 13.2. The Kier molecular flexibility index (Phi) is 3.81. The predicted molar refractivity (Wildman–Crippen MR) is 72.0 cm³/mol. The molecule has 2 unspecified atom stereocenters. The quantitative estimate of drug-likeness (QED) is 0.848. The molecule has 0 spiro atoms. The number of amides is 1. The molecule has 1 saturated heterocycles. The number of phenols is 1. The normalized spacial score (nSPS) is 24.1. The Balaban J connectivity index is 2.27. The molecule has 0 aromatic heterocycles. The molecule has 0 radical (unpaired) electrons. The summed E-state index contributed by atoms with van der Waals surface area (Å²) in [5.74, 6) is 0.371. The fraction of sp³-hybridized carbons (Fsp3) is 0.500. The van der Waals surface area contributed by atoms with Crippen LogP contribution in [0, 0.1) is 5.92 Å². The number of aromatic hydroxyl groups is 1. The zero-order chi connectivity index (χ0) is 13.3. The number of nitrogens with zero attached hydrogens (tertiary/aromatic N) is 1. The topological polar surface area (TPSA) is 40.5 Å². The van der Waals surface area contributed by atoms with E-state index in [0.717, 1.165) is 19.4 Å². The van der Waals surface area contributed by atoms with E-state index in [1.54, 1.807) is 6.07 Å². The van der Waals surface area contributed by atoms with Crippen molar-refractivity contribution in [2.45, 2.75) is 32.7 Å². The van der Waals surface area contributed by atoms with Gasteiger partial charge in [-0.2, -0.15) is 0 Å². The van der Waals surface area contributed by atoms with Gasteiger partial charge in [0.1, 0.15) is 5.75 Å². The maximum atomic E-state index is 12.4. The summed E-state index contributed by atoms with van der Waals surface area (Å²) >= 11 is 5.88. The number of likely N-dealkylation sites (tertiary alicyclic amines) is 1. The average Bonchev–Trinajstić information content (AvgIpc) is 2.34. The number of halogens is 1. The van der Waals surface area contributed by atoms with Crippen LogP contribution in [0.3, 0.4) is 0 Å². The number of carbonyl (C=O) groups excluding carboxylic acids is 1. The number of piperidine rings is 1. The van der Waals surface area contributed by atoms with Gasteiger partial charge in [-0.3, -0.25) is 4.79 Å². The minimum absolute atomic E-state index is 0.00479. The van der Waals surface area contributed by atoms with Crippen LogP contribution in [0.1, 0.15) is 37.0 Å². The Bertz CT molecular complexity index is 461. The summed E-state index contributed by atoms with van der Waals surface area (Å²) in [5.41, 5.74) is 0.295. The van der Waals surface area contributed by atoms with Gasteiger partial charge in [0.05, 0.1) is 5.56 Å². The Morgan fingerprint density at radius 1 is 1.39 bits per heavy atom. The van der Waals surface area contributed by atoms with Gasteiger partial charge in [-0.25, -0.2) is 0 Å². The van der Waals surface area contributed by atoms with Crippen LogP contribution >= 0.6 is 11.6 Å². The molecule has 18 heavy (non-hydrogen) atoms. The molecule has 4 heteroatoms.